The molecule has 0 N–H and O–H groups in total. The molecule has 2 amide bonds. The fourth-order valence-corrected chi connectivity index (χ4v) is 2.70. The van der Waals surface area contributed by atoms with Gasteiger partial charge in [-0.1, -0.05) is 29.8 Å². The molecule has 0 aliphatic carbocycles. The maximum absolute atomic E-state index is 12.6. The minimum atomic E-state index is -0.0159. The summed E-state index contributed by atoms with van der Waals surface area (Å²) >= 11 is 0. The Labute approximate surface area is 138 Å². The van der Waals surface area contributed by atoms with Crippen molar-refractivity contribution >= 4 is 11.8 Å². The Bertz CT molecular complexity index is 528. The first-order valence-corrected chi connectivity index (χ1v) is 8.20. The van der Waals surface area contributed by atoms with E-state index in [0.717, 1.165) is 18.4 Å². The molecule has 126 valence electrons. The lowest BCUT2D eigenvalue weighted by Gasteiger charge is -2.30. The van der Waals surface area contributed by atoms with Gasteiger partial charge in [-0.2, -0.15) is 0 Å². The van der Waals surface area contributed by atoms with Crippen molar-refractivity contribution in [3.8, 4) is 0 Å². The minimum Gasteiger partial charge on any atom is -0.383 e. The maximum Gasteiger partial charge on any atom is 0.242 e. The fraction of sp³-hybridized carbons (Fsp3) is 0.556. The number of carbonyl (C=O) groups is 2. The highest BCUT2D eigenvalue weighted by atomic mass is 16.5. The number of ether oxygens (including phenoxy) is 1. The zero-order valence-electron chi connectivity index (χ0n) is 14.1. The lowest BCUT2D eigenvalue weighted by molar-refractivity contribution is -0.142. The summed E-state index contributed by atoms with van der Waals surface area (Å²) in [5.74, 6) is 0.0736. The number of carbonyl (C=O) groups excluding carboxylic acids is 2. The normalized spacial score (nSPS) is 14.9. The standard InChI is InChI=1S/C18H26N2O3/c1-15-6-8-16(9-7-15)13-20(11-12-23-2)18(22)14-19-10-4-3-5-17(19)21/h6-9H,3-5,10-14H2,1-2H3. The van der Waals surface area contributed by atoms with Gasteiger partial charge in [-0.25, -0.2) is 0 Å². The topological polar surface area (TPSA) is 49.9 Å². The Balaban J connectivity index is 1.99. The van der Waals surface area contributed by atoms with Crippen molar-refractivity contribution in [2.75, 3.05) is 33.4 Å². The van der Waals surface area contributed by atoms with Crippen molar-refractivity contribution in [1.29, 1.82) is 0 Å². The van der Waals surface area contributed by atoms with E-state index >= 15 is 0 Å². The third kappa shape index (κ3) is 5.36. The van der Waals surface area contributed by atoms with E-state index < -0.39 is 0 Å². The van der Waals surface area contributed by atoms with Crippen molar-refractivity contribution in [3.63, 3.8) is 0 Å². The number of benzene rings is 1. The van der Waals surface area contributed by atoms with E-state index in [2.05, 4.69) is 0 Å². The summed E-state index contributed by atoms with van der Waals surface area (Å²) in [6.45, 7) is 4.47. The van der Waals surface area contributed by atoms with Crippen LogP contribution in [0.2, 0.25) is 0 Å². The van der Waals surface area contributed by atoms with E-state index in [-0.39, 0.29) is 18.4 Å². The predicted octanol–water partition coefficient (Wildman–Crippen LogP) is 1.98. The van der Waals surface area contributed by atoms with Gasteiger partial charge in [0.05, 0.1) is 13.2 Å². The largest absolute Gasteiger partial charge is 0.383 e. The van der Waals surface area contributed by atoms with Crippen molar-refractivity contribution < 1.29 is 14.3 Å². The molecule has 1 aliphatic heterocycles. The zero-order valence-corrected chi connectivity index (χ0v) is 14.1. The number of nitrogens with zero attached hydrogens (tertiary/aromatic N) is 2. The molecule has 0 unspecified atom stereocenters. The molecule has 1 fully saturated rings. The van der Waals surface area contributed by atoms with Crippen LogP contribution in [0.3, 0.4) is 0 Å². The van der Waals surface area contributed by atoms with Crippen molar-refractivity contribution in [1.82, 2.24) is 9.80 Å². The van der Waals surface area contributed by atoms with E-state index in [9.17, 15) is 9.59 Å². The predicted molar refractivity (Wildman–Crippen MR) is 88.9 cm³/mol. The van der Waals surface area contributed by atoms with Gasteiger partial charge in [0, 0.05) is 33.2 Å². The molecular weight excluding hydrogens is 292 g/mol. The summed E-state index contributed by atoms with van der Waals surface area (Å²) in [6.07, 6.45) is 2.47. The third-order valence-corrected chi connectivity index (χ3v) is 4.16. The van der Waals surface area contributed by atoms with E-state index in [1.54, 1.807) is 16.9 Å². The molecule has 23 heavy (non-hydrogen) atoms. The molecule has 5 nitrogen and oxygen atoms in total. The lowest BCUT2D eigenvalue weighted by atomic mass is 10.1. The molecule has 0 spiro atoms. The van der Waals surface area contributed by atoms with Gasteiger partial charge >= 0.3 is 0 Å². The molecular formula is C18H26N2O3. The molecule has 0 aromatic heterocycles. The van der Waals surface area contributed by atoms with Crippen LogP contribution in [0, 0.1) is 6.92 Å². The van der Waals surface area contributed by atoms with Gasteiger partial charge in [0.1, 0.15) is 0 Å². The number of likely N-dealkylation sites (tertiary alicyclic amines) is 1. The first-order valence-electron chi connectivity index (χ1n) is 8.20. The molecule has 1 aromatic carbocycles. The SMILES string of the molecule is COCCN(Cc1ccc(C)cc1)C(=O)CN1CCCCC1=O. The Morgan fingerprint density at radius 3 is 2.65 bits per heavy atom. The first kappa shape index (κ1) is 17.5. The van der Waals surface area contributed by atoms with Gasteiger partial charge in [0.25, 0.3) is 0 Å². The van der Waals surface area contributed by atoms with Gasteiger partial charge in [-0.15, -0.1) is 0 Å². The zero-order chi connectivity index (χ0) is 16.7. The van der Waals surface area contributed by atoms with Crippen LogP contribution in [0.15, 0.2) is 24.3 Å². The second kappa shape index (κ2) is 8.67. The molecule has 1 heterocycles. The molecule has 0 atom stereocenters. The summed E-state index contributed by atoms with van der Waals surface area (Å²) in [4.78, 5) is 28.0. The van der Waals surface area contributed by atoms with Gasteiger partial charge in [0.15, 0.2) is 0 Å². The van der Waals surface area contributed by atoms with Gasteiger partial charge < -0.3 is 14.5 Å². The fourth-order valence-electron chi connectivity index (χ4n) is 2.70. The van der Waals surface area contributed by atoms with Crippen LogP contribution in [0.5, 0.6) is 0 Å². The Hall–Kier alpha value is -1.88. The number of aryl methyl sites for hydroxylation is 1. The number of hydrogen-bond acceptors (Lipinski definition) is 3. The quantitative estimate of drug-likeness (QED) is 0.772. The number of piperidine rings is 1. The number of hydrogen-bond donors (Lipinski definition) is 0. The number of rotatable bonds is 7. The van der Waals surface area contributed by atoms with Crippen LogP contribution in [0.1, 0.15) is 30.4 Å². The minimum absolute atomic E-state index is 0.0159. The van der Waals surface area contributed by atoms with Crippen LogP contribution in [-0.2, 0) is 20.9 Å². The highest BCUT2D eigenvalue weighted by Gasteiger charge is 2.23. The monoisotopic (exact) mass is 318 g/mol. The van der Waals surface area contributed by atoms with E-state index in [0.29, 0.717) is 32.7 Å². The second-order valence-corrected chi connectivity index (χ2v) is 6.07. The van der Waals surface area contributed by atoms with Crippen molar-refractivity contribution in [2.45, 2.75) is 32.7 Å². The highest BCUT2D eigenvalue weighted by molar-refractivity contribution is 5.85. The summed E-state index contributed by atoms with van der Waals surface area (Å²) in [5.41, 5.74) is 2.28. The smallest absolute Gasteiger partial charge is 0.242 e. The summed E-state index contributed by atoms with van der Waals surface area (Å²) < 4.78 is 5.12. The summed E-state index contributed by atoms with van der Waals surface area (Å²) in [5, 5.41) is 0. The van der Waals surface area contributed by atoms with Gasteiger partial charge in [-0.3, -0.25) is 9.59 Å². The molecule has 2 rings (SSSR count). The van der Waals surface area contributed by atoms with Crippen molar-refractivity contribution in [2.24, 2.45) is 0 Å². The van der Waals surface area contributed by atoms with Crippen LogP contribution in [0.4, 0.5) is 0 Å². The Morgan fingerprint density at radius 2 is 2.00 bits per heavy atom. The molecule has 1 saturated heterocycles. The van der Waals surface area contributed by atoms with E-state index in [4.69, 9.17) is 4.74 Å². The molecule has 0 saturated carbocycles. The molecule has 0 radical (unpaired) electrons. The summed E-state index contributed by atoms with van der Waals surface area (Å²) in [7, 11) is 1.63. The molecule has 0 bridgehead atoms. The van der Waals surface area contributed by atoms with Crippen LogP contribution in [-0.4, -0.2) is 55.0 Å². The average Bonchev–Trinajstić information content (AvgIpc) is 2.55. The summed E-state index contributed by atoms with van der Waals surface area (Å²) in [6, 6.07) is 8.16. The molecule has 5 heteroatoms. The number of methoxy groups -OCH3 is 1. The average molecular weight is 318 g/mol. The highest BCUT2D eigenvalue weighted by Crippen LogP contribution is 2.12. The van der Waals surface area contributed by atoms with Gasteiger partial charge in [0.2, 0.25) is 11.8 Å². The Kier molecular flexibility index (Phi) is 6.59. The molecule has 1 aromatic rings. The maximum atomic E-state index is 12.6. The first-order chi connectivity index (χ1) is 11.1. The second-order valence-electron chi connectivity index (χ2n) is 6.07. The Morgan fingerprint density at radius 1 is 1.26 bits per heavy atom. The third-order valence-electron chi connectivity index (χ3n) is 4.16. The lowest BCUT2D eigenvalue weighted by Crippen LogP contribution is -2.45. The van der Waals surface area contributed by atoms with Crippen LogP contribution >= 0.6 is 0 Å². The van der Waals surface area contributed by atoms with Gasteiger partial charge in [-0.05, 0) is 25.3 Å². The van der Waals surface area contributed by atoms with Crippen LogP contribution in [0.25, 0.3) is 0 Å². The van der Waals surface area contributed by atoms with Crippen molar-refractivity contribution in [3.05, 3.63) is 35.4 Å². The van der Waals surface area contributed by atoms with E-state index in [1.165, 1.54) is 5.56 Å². The van der Waals surface area contributed by atoms with E-state index in [1.807, 2.05) is 31.2 Å². The number of amides is 2. The van der Waals surface area contributed by atoms with Crippen LogP contribution < -0.4 is 0 Å². The molecule has 1 aliphatic rings.